The summed E-state index contributed by atoms with van der Waals surface area (Å²) in [5.74, 6) is -0.491. The number of hydrogen-bond donors (Lipinski definition) is 0. The van der Waals surface area contributed by atoms with E-state index in [2.05, 4.69) is 15.2 Å². The van der Waals surface area contributed by atoms with Crippen molar-refractivity contribution in [3.63, 3.8) is 0 Å². The van der Waals surface area contributed by atoms with Gasteiger partial charge in [0.25, 0.3) is 0 Å². The maximum Gasteiger partial charge on any atom is 0.359 e. The number of rotatable bonds is 2. The molecule has 0 aliphatic carbocycles. The van der Waals surface area contributed by atoms with Gasteiger partial charge in [-0.05, 0) is 6.92 Å². The molecule has 0 spiro atoms. The number of ether oxygens (including phenoxy) is 1. The zero-order chi connectivity index (χ0) is 8.27. The van der Waals surface area contributed by atoms with Crippen LogP contribution >= 0.6 is 22.9 Å². The molecule has 1 aromatic rings. The molecule has 0 N–H and O–H groups in total. The van der Waals surface area contributed by atoms with Crippen molar-refractivity contribution in [1.29, 1.82) is 0 Å². The molecule has 59 valence electrons. The molecule has 0 amide bonds. The van der Waals surface area contributed by atoms with Gasteiger partial charge in [0.05, 0.1) is 6.61 Å². The molecule has 0 fully saturated rings. The number of halogens is 1. The van der Waals surface area contributed by atoms with E-state index in [1.54, 1.807) is 6.92 Å². The van der Waals surface area contributed by atoms with Gasteiger partial charge in [0.1, 0.15) is 4.34 Å². The number of thiazole rings is 1. The summed E-state index contributed by atoms with van der Waals surface area (Å²) in [4.78, 5) is 14.6. The number of carbonyl (C=O) groups excluding carboxylic acids is 1. The SMILES string of the molecule is CCOC(=O)c1n[c]sc1Cl. The number of aromatic nitrogens is 1. The van der Waals surface area contributed by atoms with E-state index in [4.69, 9.17) is 11.6 Å². The van der Waals surface area contributed by atoms with Crippen LogP contribution in [0.15, 0.2) is 0 Å². The molecule has 0 saturated carbocycles. The van der Waals surface area contributed by atoms with Crippen molar-refractivity contribution in [2.45, 2.75) is 6.92 Å². The van der Waals surface area contributed by atoms with Crippen molar-refractivity contribution < 1.29 is 9.53 Å². The van der Waals surface area contributed by atoms with Crippen molar-refractivity contribution in [3.05, 3.63) is 15.5 Å². The fraction of sp³-hybridized carbons (Fsp3) is 0.333. The molecule has 0 bridgehead atoms. The maximum atomic E-state index is 10.9. The highest BCUT2D eigenvalue weighted by Crippen LogP contribution is 2.19. The molecule has 1 aromatic heterocycles. The van der Waals surface area contributed by atoms with Gasteiger partial charge in [-0.1, -0.05) is 22.9 Å². The molecule has 0 aliphatic heterocycles. The standard InChI is InChI=1S/C6H5ClNO2S/c1-2-10-6(9)4-5(7)11-3-8-4/h2H2,1H3. The van der Waals surface area contributed by atoms with Crippen LogP contribution in [-0.4, -0.2) is 17.6 Å². The van der Waals surface area contributed by atoms with Gasteiger partial charge in [0.2, 0.25) is 0 Å². The summed E-state index contributed by atoms with van der Waals surface area (Å²) in [5.41, 5.74) is 2.65. The largest absolute Gasteiger partial charge is 0.461 e. The normalized spacial score (nSPS) is 9.64. The van der Waals surface area contributed by atoms with Crippen LogP contribution in [0.2, 0.25) is 4.34 Å². The van der Waals surface area contributed by atoms with Crippen molar-refractivity contribution in [2.24, 2.45) is 0 Å². The Morgan fingerprint density at radius 3 is 3.09 bits per heavy atom. The predicted molar refractivity (Wildman–Crippen MR) is 41.9 cm³/mol. The van der Waals surface area contributed by atoms with Crippen LogP contribution in [0, 0.1) is 5.51 Å². The molecule has 0 aromatic carbocycles. The second-order valence-corrected chi connectivity index (χ2v) is 3.04. The minimum Gasteiger partial charge on any atom is -0.461 e. The van der Waals surface area contributed by atoms with Crippen LogP contribution in [0.3, 0.4) is 0 Å². The average Bonchev–Trinajstić information content (AvgIpc) is 2.36. The van der Waals surface area contributed by atoms with Gasteiger partial charge in [0.15, 0.2) is 11.2 Å². The molecular weight excluding hydrogens is 186 g/mol. The van der Waals surface area contributed by atoms with Crippen LogP contribution < -0.4 is 0 Å². The zero-order valence-electron chi connectivity index (χ0n) is 5.76. The van der Waals surface area contributed by atoms with Crippen LogP contribution in [0.4, 0.5) is 0 Å². The highest BCUT2D eigenvalue weighted by molar-refractivity contribution is 7.14. The van der Waals surface area contributed by atoms with Crippen molar-refractivity contribution in [3.8, 4) is 0 Å². The van der Waals surface area contributed by atoms with Gasteiger partial charge in [-0.15, -0.1) is 0 Å². The van der Waals surface area contributed by atoms with E-state index in [1.807, 2.05) is 0 Å². The Morgan fingerprint density at radius 1 is 1.91 bits per heavy atom. The van der Waals surface area contributed by atoms with Crippen LogP contribution in [0.25, 0.3) is 0 Å². The van der Waals surface area contributed by atoms with Crippen LogP contribution in [0.5, 0.6) is 0 Å². The highest BCUT2D eigenvalue weighted by Gasteiger charge is 2.13. The number of hydrogen-bond acceptors (Lipinski definition) is 4. The average molecular weight is 191 g/mol. The summed E-state index contributed by atoms with van der Waals surface area (Å²) < 4.78 is 4.99. The van der Waals surface area contributed by atoms with Crippen LogP contribution in [-0.2, 0) is 4.74 Å². The lowest BCUT2D eigenvalue weighted by Crippen LogP contribution is -2.05. The summed E-state index contributed by atoms with van der Waals surface area (Å²) in [5, 5.41) is 0. The third kappa shape index (κ3) is 1.91. The Morgan fingerprint density at radius 2 is 2.64 bits per heavy atom. The van der Waals surface area contributed by atoms with E-state index < -0.39 is 5.97 Å². The number of esters is 1. The highest BCUT2D eigenvalue weighted by atomic mass is 35.5. The second-order valence-electron chi connectivity index (χ2n) is 1.65. The molecule has 1 radical (unpaired) electrons. The molecule has 5 heteroatoms. The van der Waals surface area contributed by atoms with Gasteiger partial charge >= 0.3 is 5.97 Å². The van der Waals surface area contributed by atoms with Crippen LogP contribution in [0.1, 0.15) is 17.4 Å². The van der Waals surface area contributed by atoms with Crippen molar-refractivity contribution >= 4 is 28.9 Å². The maximum absolute atomic E-state index is 10.9. The van der Waals surface area contributed by atoms with Gasteiger partial charge in [-0.2, -0.15) is 0 Å². The van der Waals surface area contributed by atoms with Gasteiger partial charge in [0, 0.05) is 0 Å². The van der Waals surface area contributed by atoms with E-state index in [-0.39, 0.29) is 5.69 Å². The lowest BCUT2D eigenvalue weighted by Gasteiger charge is -1.96. The summed E-state index contributed by atoms with van der Waals surface area (Å²) in [6.07, 6.45) is 0. The molecule has 0 unspecified atom stereocenters. The first-order valence-electron chi connectivity index (χ1n) is 2.95. The molecule has 1 heterocycles. The number of nitrogens with zero attached hydrogens (tertiary/aromatic N) is 1. The summed E-state index contributed by atoms with van der Waals surface area (Å²) >= 11 is 6.68. The molecule has 0 saturated heterocycles. The molecular formula is C6H5ClNO2S. The first-order valence-corrected chi connectivity index (χ1v) is 4.14. The molecule has 1 rings (SSSR count). The van der Waals surface area contributed by atoms with E-state index in [1.165, 1.54) is 0 Å². The number of carbonyl (C=O) groups is 1. The lowest BCUT2D eigenvalue weighted by molar-refractivity contribution is 0.0520. The van der Waals surface area contributed by atoms with E-state index in [9.17, 15) is 4.79 Å². The molecule has 11 heavy (non-hydrogen) atoms. The fourth-order valence-corrected chi connectivity index (χ4v) is 1.19. The van der Waals surface area contributed by atoms with Crippen molar-refractivity contribution in [1.82, 2.24) is 4.98 Å². The predicted octanol–water partition coefficient (Wildman–Crippen LogP) is 1.77. The summed E-state index contributed by atoms with van der Waals surface area (Å²) in [6.45, 7) is 2.05. The Bertz CT molecular complexity index is 261. The van der Waals surface area contributed by atoms with E-state index >= 15 is 0 Å². The lowest BCUT2D eigenvalue weighted by atomic mass is 10.5. The Kier molecular flexibility index (Phi) is 2.84. The summed E-state index contributed by atoms with van der Waals surface area (Å²) in [6, 6.07) is 0. The second kappa shape index (κ2) is 3.69. The molecule has 3 nitrogen and oxygen atoms in total. The molecule has 0 atom stereocenters. The first-order chi connectivity index (χ1) is 5.25. The third-order valence-electron chi connectivity index (χ3n) is 0.948. The minimum absolute atomic E-state index is 0.151. The fourth-order valence-electron chi connectivity index (χ4n) is 0.526. The minimum atomic E-state index is -0.491. The monoisotopic (exact) mass is 190 g/mol. The van der Waals surface area contributed by atoms with Gasteiger partial charge < -0.3 is 4.74 Å². The zero-order valence-corrected chi connectivity index (χ0v) is 7.33. The van der Waals surface area contributed by atoms with E-state index in [0.717, 1.165) is 11.3 Å². The Labute approximate surface area is 73.0 Å². The Hall–Kier alpha value is -0.610. The first kappa shape index (κ1) is 8.49. The topological polar surface area (TPSA) is 39.2 Å². The quantitative estimate of drug-likeness (QED) is 0.668. The third-order valence-corrected chi connectivity index (χ3v) is 1.91. The van der Waals surface area contributed by atoms with Crippen molar-refractivity contribution in [2.75, 3.05) is 6.61 Å². The molecule has 0 aliphatic rings. The Balaban J connectivity index is 2.76. The summed E-state index contributed by atoms with van der Waals surface area (Å²) in [7, 11) is 0. The van der Waals surface area contributed by atoms with Gasteiger partial charge in [-0.25, -0.2) is 9.78 Å². The van der Waals surface area contributed by atoms with Gasteiger partial charge in [-0.3, -0.25) is 0 Å². The smallest absolute Gasteiger partial charge is 0.359 e. The van der Waals surface area contributed by atoms with E-state index in [0.29, 0.717) is 10.9 Å².